The zero-order chi connectivity index (χ0) is 14.4. The highest BCUT2D eigenvalue weighted by Gasteiger charge is 2.15. The molecule has 0 spiro atoms. The van der Waals surface area contributed by atoms with E-state index in [9.17, 15) is 9.90 Å². The van der Waals surface area contributed by atoms with Gasteiger partial charge in [-0.15, -0.1) is 0 Å². The number of aryl methyl sites for hydroxylation is 1. The van der Waals surface area contributed by atoms with Crippen LogP contribution in [0.4, 0.5) is 0 Å². The van der Waals surface area contributed by atoms with E-state index in [0.717, 1.165) is 16.9 Å². The molecule has 0 fully saturated rings. The minimum absolute atomic E-state index is 0.260. The minimum atomic E-state index is -0.603. The molecule has 0 heterocycles. The predicted octanol–water partition coefficient (Wildman–Crippen LogP) is 2.20. The Bertz CT molecular complexity index is 463. The molecule has 0 aliphatic heterocycles. The maximum Gasteiger partial charge on any atom is 0.330 e. The van der Waals surface area contributed by atoms with Crippen molar-refractivity contribution in [2.24, 2.45) is 0 Å². The van der Waals surface area contributed by atoms with Gasteiger partial charge in [-0.25, -0.2) is 4.79 Å². The number of hydrogen-bond acceptors (Lipinski definition) is 4. The number of carbonyl (C=O) groups excluding carboxylic acids is 1. The Kier molecular flexibility index (Phi) is 5.57. The molecule has 0 amide bonds. The summed E-state index contributed by atoms with van der Waals surface area (Å²) < 4.78 is 9.75. The van der Waals surface area contributed by atoms with Crippen LogP contribution in [0.2, 0.25) is 0 Å². The quantitative estimate of drug-likeness (QED) is 0.654. The topological polar surface area (TPSA) is 55.8 Å². The number of ether oxygens (including phenoxy) is 2. The Morgan fingerprint density at radius 2 is 2.05 bits per heavy atom. The molecule has 0 saturated heterocycles. The van der Waals surface area contributed by atoms with E-state index in [2.05, 4.69) is 4.74 Å². The first-order chi connectivity index (χ1) is 8.99. The van der Waals surface area contributed by atoms with Crippen LogP contribution in [0.15, 0.2) is 30.4 Å². The number of benzene rings is 1. The normalized spacial score (nSPS) is 14.2. The number of carbonyl (C=O) groups is 1. The highest BCUT2D eigenvalue weighted by molar-refractivity contribution is 5.81. The Labute approximate surface area is 113 Å². The lowest BCUT2D eigenvalue weighted by atomic mass is 9.92. The molecule has 1 N–H and O–H groups in total. The third-order valence-electron chi connectivity index (χ3n) is 2.96. The molecule has 1 aromatic rings. The Hall–Kier alpha value is -1.81. The minimum Gasteiger partial charge on any atom is -0.496 e. The van der Waals surface area contributed by atoms with Crippen LogP contribution in [0.5, 0.6) is 5.75 Å². The summed E-state index contributed by atoms with van der Waals surface area (Å²) >= 11 is 0. The van der Waals surface area contributed by atoms with E-state index in [4.69, 9.17) is 4.74 Å². The third-order valence-corrected chi connectivity index (χ3v) is 2.96. The van der Waals surface area contributed by atoms with Gasteiger partial charge >= 0.3 is 5.97 Å². The van der Waals surface area contributed by atoms with Crippen molar-refractivity contribution in [1.29, 1.82) is 0 Å². The predicted molar refractivity (Wildman–Crippen MR) is 73.3 cm³/mol. The van der Waals surface area contributed by atoms with Gasteiger partial charge < -0.3 is 14.6 Å². The lowest BCUT2D eigenvalue weighted by Gasteiger charge is -2.18. The first-order valence-electron chi connectivity index (χ1n) is 6.08. The van der Waals surface area contributed by atoms with Crippen LogP contribution in [0, 0.1) is 6.92 Å². The fraction of sp³-hybridized carbons (Fsp3) is 0.400. The molecule has 2 atom stereocenters. The van der Waals surface area contributed by atoms with Crippen molar-refractivity contribution in [1.82, 2.24) is 0 Å². The zero-order valence-electron chi connectivity index (χ0n) is 11.7. The van der Waals surface area contributed by atoms with E-state index in [-0.39, 0.29) is 5.92 Å². The number of hydrogen-bond donors (Lipinski definition) is 1. The molecule has 0 unspecified atom stereocenters. The Morgan fingerprint density at radius 3 is 2.53 bits per heavy atom. The number of rotatable bonds is 5. The molecule has 0 bridgehead atoms. The first-order valence-corrected chi connectivity index (χ1v) is 6.08. The van der Waals surface area contributed by atoms with Gasteiger partial charge in [0.1, 0.15) is 5.75 Å². The molecular weight excluding hydrogens is 244 g/mol. The van der Waals surface area contributed by atoms with Crippen LogP contribution in [-0.4, -0.2) is 31.4 Å². The Morgan fingerprint density at radius 1 is 1.37 bits per heavy atom. The summed E-state index contributed by atoms with van der Waals surface area (Å²) in [5.41, 5.74) is 1.91. The average molecular weight is 264 g/mol. The molecule has 4 nitrogen and oxygen atoms in total. The van der Waals surface area contributed by atoms with Crippen molar-refractivity contribution in [3.8, 4) is 5.75 Å². The van der Waals surface area contributed by atoms with E-state index < -0.39 is 12.1 Å². The van der Waals surface area contributed by atoms with E-state index in [0.29, 0.717) is 0 Å². The SMILES string of the molecule is COC(=O)/C=C/[C@@H](c1ccc(OC)c(C)c1)[C@H](C)O. The molecule has 1 rings (SSSR count). The molecule has 0 aromatic heterocycles. The van der Waals surface area contributed by atoms with Gasteiger partial charge in [0.25, 0.3) is 0 Å². The average Bonchev–Trinajstić information content (AvgIpc) is 2.38. The van der Waals surface area contributed by atoms with Crippen molar-refractivity contribution in [3.05, 3.63) is 41.5 Å². The van der Waals surface area contributed by atoms with Crippen LogP contribution in [0.3, 0.4) is 0 Å². The monoisotopic (exact) mass is 264 g/mol. The highest BCUT2D eigenvalue weighted by Crippen LogP contribution is 2.26. The third kappa shape index (κ3) is 4.10. The van der Waals surface area contributed by atoms with Gasteiger partial charge in [0.15, 0.2) is 0 Å². The van der Waals surface area contributed by atoms with Gasteiger partial charge in [-0.1, -0.05) is 18.2 Å². The smallest absolute Gasteiger partial charge is 0.330 e. The van der Waals surface area contributed by atoms with Crippen LogP contribution in [0.1, 0.15) is 24.0 Å². The Balaban J connectivity index is 3.03. The first kappa shape index (κ1) is 15.2. The zero-order valence-corrected chi connectivity index (χ0v) is 11.7. The summed E-state index contributed by atoms with van der Waals surface area (Å²) in [6, 6.07) is 5.68. The van der Waals surface area contributed by atoms with Crippen LogP contribution >= 0.6 is 0 Å². The van der Waals surface area contributed by atoms with E-state index in [1.165, 1.54) is 13.2 Å². The van der Waals surface area contributed by atoms with E-state index in [1.54, 1.807) is 20.1 Å². The van der Waals surface area contributed by atoms with Gasteiger partial charge in [0.2, 0.25) is 0 Å². The summed E-state index contributed by atoms with van der Waals surface area (Å²) in [7, 11) is 2.94. The highest BCUT2D eigenvalue weighted by atomic mass is 16.5. The number of aliphatic hydroxyl groups excluding tert-OH is 1. The second kappa shape index (κ2) is 6.95. The van der Waals surface area contributed by atoms with Gasteiger partial charge in [-0.3, -0.25) is 0 Å². The standard InChI is InChI=1S/C15H20O4/c1-10-9-12(5-7-14(10)18-3)13(11(2)16)6-8-15(17)19-4/h5-9,11,13,16H,1-4H3/b8-6+/t11-,13+/m0/s1. The number of aliphatic hydroxyl groups is 1. The maximum atomic E-state index is 11.1. The number of methoxy groups -OCH3 is 2. The molecule has 0 aliphatic carbocycles. The molecular formula is C15H20O4. The lowest BCUT2D eigenvalue weighted by Crippen LogP contribution is -2.13. The van der Waals surface area contributed by atoms with Crippen molar-refractivity contribution < 1.29 is 19.4 Å². The largest absolute Gasteiger partial charge is 0.496 e. The molecule has 19 heavy (non-hydrogen) atoms. The molecule has 1 aromatic carbocycles. The van der Waals surface area contributed by atoms with Crippen molar-refractivity contribution >= 4 is 5.97 Å². The van der Waals surface area contributed by atoms with Gasteiger partial charge in [-0.05, 0) is 31.0 Å². The summed E-state index contributed by atoms with van der Waals surface area (Å²) in [6.07, 6.45) is 2.38. The summed E-state index contributed by atoms with van der Waals surface area (Å²) in [4.78, 5) is 11.1. The fourth-order valence-corrected chi connectivity index (χ4v) is 1.91. The van der Waals surface area contributed by atoms with Crippen molar-refractivity contribution in [3.63, 3.8) is 0 Å². The molecule has 0 aliphatic rings. The van der Waals surface area contributed by atoms with E-state index in [1.807, 2.05) is 25.1 Å². The number of esters is 1. The van der Waals surface area contributed by atoms with Crippen molar-refractivity contribution in [2.45, 2.75) is 25.9 Å². The molecule has 0 saturated carbocycles. The van der Waals surface area contributed by atoms with E-state index >= 15 is 0 Å². The molecule has 4 heteroatoms. The molecule has 0 radical (unpaired) electrons. The molecule has 104 valence electrons. The summed E-state index contributed by atoms with van der Waals surface area (Å²) in [6.45, 7) is 3.62. The fourth-order valence-electron chi connectivity index (χ4n) is 1.91. The van der Waals surface area contributed by atoms with Gasteiger partial charge in [-0.2, -0.15) is 0 Å². The van der Waals surface area contributed by atoms with Crippen LogP contribution < -0.4 is 4.74 Å². The second-order valence-electron chi connectivity index (χ2n) is 4.38. The summed E-state index contributed by atoms with van der Waals surface area (Å²) in [5.74, 6) is 0.102. The summed E-state index contributed by atoms with van der Waals surface area (Å²) in [5, 5.41) is 9.83. The lowest BCUT2D eigenvalue weighted by molar-refractivity contribution is -0.134. The second-order valence-corrected chi connectivity index (χ2v) is 4.38. The maximum absolute atomic E-state index is 11.1. The van der Waals surface area contributed by atoms with Crippen LogP contribution in [-0.2, 0) is 9.53 Å². The van der Waals surface area contributed by atoms with Gasteiger partial charge in [0.05, 0.1) is 20.3 Å². The van der Waals surface area contributed by atoms with Crippen molar-refractivity contribution in [2.75, 3.05) is 14.2 Å². The van der Waals surface area contributed by atoms with Crippen LogP contribution in [0.25, 0.3) is 0 Å². The van der Waals surface area contributed by atoms with Gasteiger partial charge in [0, 0.05) is 12.0 Å².